The fraction of sp³-hybridized carbons (Fsp3) is 0.467. The SMILES string of the molecule is CCc1c(NC(=O)OC(C)(C)C)ccc(C(=O)O)c1C. The number of hydrogen-bond donors (Lipinski definition) is 2. The van der Waals surface area contributed by atoms with Crippen molar-refractivity contribution in [1.29, 1.82) is 0 Å². The lowest BCUT2D eigenvalue weighted by Gasteiger charge is -2.21. The van der Waals surface area contributed by atoms with E-state index in [0.717, 1.165) is 5.56 Å². The smallest absolute Gasteiger partial charge is 0.412 e. The molecule has 20 heavy (non-hydrogen) atoms. The molecule has 5 nitrogen and oxygen atoms in total. The zero-order valence-electron chi connectivity index (χ0n) is 12.5. The molecule has 0 radical (unpaired) electrons. The van der Waals surface area contributed by atoms with Gasteiger partial charge in [0.2, 0.25) is 0 Å². The van der Waals surface area contributed by atoms with E-state index in [1.165, 1.54) is 6.07 Å². The van der Waals surface area contributed by atoms with E-state index in [-0.39, 0.29) is 5.56 Å². The molecular formula is C15H21NO4. The lowest BCUT2D eigenvalue weighted by atomic mass is 9.98. The molecule has 0 atom stereocenters. The van der Waals surface area contributed by atoms with Crippen molar-refractivity contribution in [3.8, 4) is 0 Å². The number of carbonyl (C=O) groups is 2. The Morgan fingerprint density at radius 3 is 2.35 bits per heavy atom. The maximum absolute atomic E-state index is 11.8. The largest absolute Gasteiger partial charge is 0.478 e. The monoisotopic (exact) mass is 279 g/mol. The van der Waals surface area contributed by atoms with Gasteiger partial charge in [0.1, 0.15) is 5.60 Å². The van der Waals surface area contributed by atoms with Crippen molar-refractivity contribution in [3.05, 3.63) is 28.8 Å². The number of aromatic carboxylic acids is 1. The normalized spacial score (nSPS) is 11.1. The van der Waals surface area contributed by atoms with Gasteiger partial charge in [0.05, 0.1) is 5.56 Å². The zero-order chi connectivity index (χ0) is 15.5. The Kier molecular flexibility index (Phi) is 4.76. The van der Waals surface area contributed by atoms with Crippen LogP contribution in [0, 0.1) is 6.92 Å². The van der Waals surface area contributed by atoms with Crippen molar-refractivity contribution in [2.75, 3.05) is 5.32 Å². The number of carbonyl (C=O) groups excluding carboxylic acids is 1. The van der Waals surface area contributed by atoms with E-state index >= 15 is 0 Å². The van der Waals surface area contributed by atoms with Crippen molar-refractivity contribution in [1.82, 2.24) is 0 Å². The Morgan fingerprint density at radius 2 is 1.90 bits per heavy atom. The molecule has 0 spiro atoms. The zero-order valence-corrected chi connectivity index (χ0v) is 12.5. The topological polar surface area (TPSA) is 75.6 Å². The fourth-order valence-corrected chi connectivity index (χ4v) is 1.97. The minimum Gasteiger partial charge on any atom is -0.478 e. The third-order valence-corrected chi connectivity index (χ3v) is 2.82. The second-order valence-electron chi connectivity index (χ2n) is 5.55. The standard InChI is InChI=1S/C15H21NO4/c1-6-10-9(2)11(13(17)18)7-8-12(10)16-14(19)20-15(3,4)5/h7-8H,6H2,1-5H3,(H,16,19)(H,17,18). The molecule has 0 fully saturated rings. The number of carboxylic acid groups (broad SMARTS) is 1. The number of nitrogens with one attached hydrogen (secondary N) is 1. The predicted octanol–water partition coefficient (Wildman–Crippen LogP) is 3.60. The molecule has 1 rings (SSSR count). The first kappa shape index (κ1) is 16.0. The summed E-state index contributed by atoms with van der Waals surface area (Å²) in [6.45, 7) is 9.00. The number of ether oxygens (including phenoxy) is 1. The molecular weight excluding hydrogens is 258 g/mol. The summed E-state index contributed by atoms with van der Waals surface area (Å²) in [4.78, 5) is 22.9. The Morgan fingerprint density at radius 1 is 1.30 bits per heavy atom. The first-order valence-electron chi connectivity index (χ1n) is 6.51. The van der Waals surface area contributed by atoms with Crippen LogP contribution in [0.5, 0.6) is 0 Å². The Hall–Kier alpha value is -2.04. The minimum atomic E-state index is -0.971. The summed E-state index contributed by atoms with van der Waals surface area (Å²) in [6, 6.07) is 3.09. The van der Waals surface area contributed by atoms with Crippen LogP contribution in [-0.4, -0.2) is 22.8 Å². The minimum absolute atomic E-state index is 0.247. The summed E-state index contributed by atoms with van der Waals surface area (Å²) in [5.74, 6) is -0.971. The van der Waals surface area contributed by atoms with E-state index in [9.17, 15) is 9.59 Å². The Balaban J connectivity index is 3.05. The van der Waals surface area contributed by atoms with Crippen molar-refractivity contribution in [3.63, 3.8) is 0 Å². The molecule has 0 aliphatic carbocycles. The van der Waals surface area contributed by atoms with Gasteiger partial charge in [-0.05, 0) is 57.4 Å². The van der Waals surface area contributed by atoms with Crippen LogP contribution >= 0.6 is 0 Å². The molecule has 2 N–H and O–H groups in total. The molecule has 1 aromatic rings. The van der Waals surface area contributed by atoms with E-state index in [0.29, 0.717) is 17.7 Å². The van der Waals surface area contributed by atoms with Gasteiger partial charge in [0.15, 0.2) is 0 Å². The number of benzene rings is 1. The van der Waals surface area contributed by atoms with Gasteiger partial charge in [0.25, 0.3) is 0 Å². The third-order valence-electron chi connectivity index (χ3n) is 2.82. The number of carboxylic acids is 1. The second kappa shape index (κ2) is 5.94. The van der Waals surface area contributed by atoms with Crippen molar-refractivity contribution in [2.45, 2.75) is 46.6 Å². The molecule has 5 heteroatoms. The summed E-state index contributed by atoms with van der Waals surface area (Å²) >= 11 is 0. The molecule has 0 aliphatic rings. The van der Waals surface area contributed by atoms with Crippen LogP contribution in [0.2, 0.25) is 0 Å². The number of amides is 1. The Bertz CT molecular complexity index is 529. The lowest BCUT2D eigenvalue weighted by molar-refractivity contribution is 0.0634. The molecule has 1 amide bonds. The Labute approximate surface area is 118 Å². The summed E-state index contributed by atoms with van der Waals surface area (Å²) in [5, 5.41) is 11.8. The van der Waals surface area contributed by atoms with Crippen LogP contribution < -0.4 is 5.32 Å². The molecule has 0 saturated carbocycles. The van der Waals surface area contributed by atoms with E-state index < -0.39 is 17.7 Å². The van der Waals surface area contributed by atoms with E-state index in [2.05, 4.69) is 5.32 Å². The molecule has 0 saturated heterocycles. The molecule has 0 heterocycles. The molecule has 0 aliphatic heterocycles. The van der Waals surface area contributed by atoms with Crippen molar-refractivity contribution in [2.24, 2.45) is 0 Å². The fourth-order valence-electron chi connectivity index (χ4n) is 1.97. The van der Waals surface area contributed by atoms with Gasteiger partial charge < -0.3 is 9.84 Å². The maximum Gasteiger partial charge on any atom is 0.412 e. The highest BCUT2D eigenvalue weighted by molar-refractivity contribution is 5.92. The quantitative estimate of drug-likeness (QED) is 0.886. The van der Waals surface area contributed by atoms with Gasteiger partial charge >= 0.3 is 12.1 Å². The van der Waals surface area contributed by atoms with Gasteiger partial charge in [-0.2, -0.15) is 0 Å². The highest BCUT2D eigenvalue weighted by atomic mass is 16.6. The average molecular weight is 279 g/mol. The van der Waals surface area contributed by atoms with Crippen LogP contribution in [0.4, 0.5) is 10.5 Å². The highest BCUT2D eigenvalue weighted by Gasteiger charge is 2.19. The van der Waals surface area contributed by atoms with Crippen molar-refractivity contribution < 1.29 is 19.4 Å². The van der Waals surface area contributed by atoms with Gasteiger partial charge in [0, 0.05) is 5.69 Å². The van der Waals surface area contributed by atoms with Gasteiger partial charge in [-0.1, -0.05) is 6.92 Å². The number of hydrogen-bond acceptors (Lipinski definition) is 3. The first-order chi connectivity index (χ1) is 9.15. The second-order valence-corrected chi connectivity index (χ2v) is 5.55. The van der Waals surface area contributed by atoms with Crippen molar-refractivity contribution >= 4 is 17.7 Å². The van der Waals surface area contributed by atoms with Crippen LogP contribution in [0.1, 0.15) is 49.2 Å². The molecule has 110 valence electrons. The number of rotatable bonds is 3. The van der Waals surface area contributed by atoms with Gasteiger partial charge in [-0.15, -0.1) is 0 Å². The molecule has 0 bridgehead atoms. The predicted molar refractivity (Wildman–Crippen MR) is 77.4 cm³/mol. The van der Waals surface area contributed by atoms with Crippen LogP contribution in [-0.2, 0) is 11.2 Å². The number of anilines is 1. The van der Waals surface area contributed by atoms with Gasteiger partial charge in [-0.25, -0.2) is 9.59 Å². The van der Waals surface area contributed by atoms with E-state index in [1.807, 2.05) is 6.92 Å². The third kappa shape index (κ3) is 3.98. The van der Waals surface area contributed by atoms with Crippen LogP contribution in [0.15, 0.2) is 12.1 Å². The molecule has 0 unspecified atom stereocenters. The first-order valence-corrected chi connectivity index (χ1v) is 6.51. The summed E-state index contributed by atoms with van der Waals surface area (Å²) in [6.07, 6.45) is 0.0765. The molecule has 1 aromatic carbocycles. The van der Waals surface area contributed by atoms with E-state index in [1.54, 1.807) is 33.8 Å². The molecule has 0 aromatic heterocycles. The summed E-state index contributed by atoms with van der Waals surface area (Å²) in [7, 11) is 0. The van der Waals surface area contributed by atoms with Crippen LogP contribution in [0.3, 0.4) is 0 Å². The highest BCUT2D eigenvalue weighted by Crippen LogP contribution is 2.24. The van der Waals surface area contributed by atoms with E-state index in [4.69, 9.17) is 9.84 Å². The summed E-state index contributed by atoms with van der Waals surface area (Å²) < 4.78 is 5.19. The average Bonchev–Trinajstić information content (AvgIpc) is 2.26. The van der Waals surface area contributed by atoms with Crippen LogP contribution in [0.25, 0.3) is 0 Å². The summed E-state index contributed by atoms with van der Waals surface area (Å²) in [5.41, 5.74) is 1.72. The maximum atomic E-state index is 11.8. The lowest BCUT2D eigenvalue weighted by Crippen LogP contribution is -2.27. The van der Waals surface area contributed by atoms with Gasteiger partial charge in [-0.3, -0.25) is 5.32 Å².